The number of aromatic nitrogens is 1. The van der Waals surface area contributed by atoms with Crippen molar-refractivity contribution in [3.8, 4) is 0 Å². The van der Waals surface area contributed by atoms with Gasteiger partial charge < -0.3 is 0 Å². The summed E-state index contributed by atoms with van der Waals surface area (Å²) in [6, 6.07) is 3.79. The standard InChI is InChI=1S/C9H11ClN/c1-2-3-4-8-5-6-9(10)11-7-8/h5-6H,2-4H2,1H3. The van der Waals surface area contributed by atoms with Crippen molar-refractivity contribution in [2.75, 3.05) is 0 Å². The quantitative estimate of drug-likeness (QED) is 0.633. The average molecular weight is 169 g/mol. The third-order valence-electron chi connectivity index (χ3n) is 1.53. The van der Waals surface area contributed by atoms with Crippen molar-refractivity contribution in [2.45, 2.75) is 26.2 Å². The molecule has 0 atom stereocenters. The molecule has 1 aromatic rings. The van der Waals surface area contributed by atoms with Crippen LogP contribution in [0.15, 0.2) is 12.1 Å². The van der Waals surface area contributed by atoms with Gasteiger partial charge in [-0.3, -0.25) is 0 Å². The first-order valence-corrected chi connectivity index (χ1v) is 4.24. The van der Waals surface area contributed by atoms with Gasteiger partial charge in [-0.05, 0) is 24.5 Å². The Morgan fingerprint density at radius 3 is 2.91 bits per heavy atom. The van der Waals surface area contributed by atoms with Crippen molar-refractivity contribution in [3.05, 3.63) is 29.0 Å². The first kappa shape index (κ1) is 8.54. The average Bonchev–Trinajstić information content (AvgIpc) is 2.04. The minimum Gasteiger partial charge on any atom is -0.234 e. The molecule has 0 fully saturated rings. The second kappa shape index (κ2) is 4.35. The van der Waals surface area contributed by atoms with Crippen LogP contribution in [0.25, 0.3) is 0 Å². The number of unbranched alkanes of at least 4 members (excludes halogenated alkanes) is 1. The zero-order valence-electron chi connectivity index (χ0n) is 6.60. The molecule has 2 heteroatoms. The number of nitrogens with zero attached hydrogens (tertiary/aromatic N) is 1. The van der Waals surface area contributed by atoms with E-state index in [9.17, 15) is 0 Å². The van der Waals surface area contributed by atoms with Crippen molar-refractivity contribution in [3.63, 3.8) is 0 Å². The summed E-state index contributed by atoms with van der Waals surface area (Å²) in [5.41, 5.74) is 1.15. The molecule has 0 unspecified atom stereocenters. The molecular formula is C9H11ClN. The van der Waals surface area contributed by atoms with E-state index in [1.807, 2.05) is 12.1 Å². The number of pyridine rings is 1. The van der Waals surface area contributed by atoms with Gasteiger partial charge in [-0.1, -0.05) is 31.0 Å². The number of hydrogen-bond donors (Lipinski definition) is 0. The van der Waals surface area contributed by atoms with Crippen molar-refractivity contribution >= 4 is 11.6 Å². The van der Waals surface area contributed by atoms with Gasteiger partial charge >= 0.3 is 0 Å². The maximum Gasteiger partial charge on any atom is 0.129 e. The number of aryl methyl sites for hydroxylation is 1. The van der Waals surface area contributed by atoms with Crippen molar-refractivity contribution < 1.29 is 0 Å². The maximum absolute atomic E-state index is 5.60. The summed E-state index contributed by atoms with van der Waals surface area (Å²) in [5.74, 6) is 0. The van der Waals surface area contributed by atoms with E-state index >= 15 is 0 Å². The van der Waals surface area contributed by atoms with Gasteiger partial charge in [0.25, 0.3) is 0 Å². The molecule has 0 bridgehead atoms. The molecule has 1 rings (SSSR count). The molecule has 1 radical (unpaired) electrons. The normalized spacial score (nSPS) is 10.0. The van der Waals surface area contributed by atoms with E-state index in [0.29, 0.717) is 5.15 Å². The van der Waals surface area contributed by atoms with Gasteiger partial charge in [0.1, 0.15) is 5.15 Å². The lowest BCUT2D eigenvalue weighted by Gasteiger charge is -1.96. The number of rotatable bonds is 3. The van der Waals surface area contributed by atoms with Gasteiger partial charge in [0.2, 0.25) is 0 Å². The van der Waals surface area contributed by atoms with Crippen molar-refractivity contribution in [1.82, 2.24) is 4.98 Å². The topological polar surface area (TPSA) is 12.9 Å². The SMILES string of the molecule is CCCCc1[c]nc(Cl)cc1. The molecule has 11 heavy (non-hydrogen) atoms. The van der Waals surface area contributed by atoms with E-state index in [2.05, 4.69) is 18.1 Å². The smallest absolute Gasteiger partial charge is 0.129 e. The first-order valence-electron chi connectivity index (χ1n) is 3.86. The van der Waals surface area contributed by atoms with E-state index in [-0.39, 0.29) is 0 Å². The Morgan fingerprint density at radius 1 is 1.55 bits per heavy atom. The van der Waals surface area contributed by atoms with Gasteiger partial charge in [-0.2, -0.15) is 0 Å². The van der Waals surface area contributed by atoms with Crippen LogP contribution in [0.5, 0.6) is 0 Å². The summed E-state index contributed by atoms with van der Waals surface area (Å²) in [6.07, 6.45) is 6.34. The largest absolute Gasteiger partial charge is 0.234 e. The lowest BCUT2D eigenvalue weighted by molar-refractivity contribution is 0.791. The summed E-state index contributed by atoms with van der Waals surface area (Å²) in [6.45, 7) is 2.17. The lowest BCUT2D eigenvalue weighted by Crippen LogP contribution is -1.86. The van der Waals surface area contributed by atoms with E-state index in [1.165, 1.54) is 12.8 Å². The summed E-state index contributed by atoms with van der Waals surface area (Å²) in [5, 5.41) is 0.519. The highest BCUT2D eigenvalue weighted by Crippen LogP contribution is 2.07. The van der Waals surface area contributed by atoms with Crippen molar-refractivity contribution in [2.24, 2.45) is 0 Å². The van der Waals surface area contributed by atoms with Crippen LogP contribution in [0.2, 0.25) is 5.15 Å². The first-order chi connectivity index (χ1) is 5.33. The molecule has 1 aromatic heterocycles. The Bertz CT molecular complexity index is 205. The molecule has 0 saturated carbocycles. The molecule has 1 nitrogen and oxygen atoms in total. The predicted molar refractivity (Wildman–Crippen MR) is 46.7 cm³/mol. The fourth-order valence-electron chi connectivity index (χ4n) is 0.876. The highest BCUT2D eigenvalue weighted by atomic mass is 35.5. The summed E-state index contributed by atoms with van der Waals surface area (Å²) >= 11 is 5.60. The molecule has 0 amide bonds. The molecular weight excluding hydrogens is 158 g/mol. The van der Waals surface area contributed by atoms with E-state index in [4.69, 9.17) is 11.6 Å². The third-order valence-corrected chi connectivity index (χ3v) is 1.74. The summed E-state index contributed by atoms with van der Waals surface area (Å²) in [4.78, 5) is 3.87. The molecule has 0 aromatic carbocycles. The highest BCUT2D eigenvalue weighted by molar-refractivity contribution is 6.29. The fraction of sp³-hybridized carbons (Fsp3) is 0.444. The third kappa shape index (κ3) is 2.89. The maximum atomic E-state index is 5.60. The Labute approximate surface area is 72.4 Å². The molecule has 0 N–H and O–H groups in total. The number of halogens is 1. The minimum absolute atomic E-state index is 0.519. The molecule has 0 aliphatic heterocycles. The Morgan fingerprint density at radius 2 is 2.36 bits per heavy atom. The Balaban J connectivity index is 2.52. The highest BCUT2D eigenvalue weighted by Gasteiger charge is 1.92. The predicted octanol–water partition coefficient (Wildman–Crippen LogP) is 2.88. The molecule has 0 saturated heterocycles. The van der Waals surface area contributed by atoms with Crippen LogP contribution >= 0.6 is 11.6 Å². The number of hydrogen-bond acceptors (Lipinski definition) is 1. The Hall–Kier alpha value is -0.560. The van der Waals surface area contributed by atoms with Gasteiger partial charge in [0.05, 0.1) is 6.20 Å². The van der Waals surface area contributed by atoms with E-state index < -0.39 is 0 Å². The van der Waals surface area contributed by atoms with Gasteiger partial charge in [-0.15, -0.1) is 0 Å². The van der Waals surface area contributed by atoms with E-state index in [0.717, 1.165) is 12.0 Å². The Kier molecular flexibility index (Phi) is 3.37. The zero-order chi connectivity index (χ0) is 8.10. The van der Waals surface area contributed by atoms with Crippen LogP contribution in [-0.4, -0.2) is 4.98 Å². The van der Waals surface area contributed by atoms with Crippen LogP contribution in [0.4, 0.5) is 0 Å². The molecule has 0 aliphatic rings. The van der Waals surface area contributed by atoms with E-state index in [1.54, 1.807) is 0 Å². The van der Waals surface area contributed by atoms with Crippen LogP contribution in [-0.2, 0) is 6.42 Å². The van der Waals surface area contributed by atoms with Crippen LogP contribution < -0.4 is 0 Å². The fourth-order valence-corrected chi connectivity index (χ4v) is 0.981. The van der Waals surface area contributed by atoms with Gasteiger partial charge in [0.15, 0.2) is 0 Å². The molecule has 59 valence electrons. The zero-order valence-corrected chi connectivity index (χ0v) is 7.36. The molecule has 1 heterocycles. The van der Waals surface area contributed by atoms with Gasteiger partial charge in [0, 0.05) is 0 Å². The minimum atomic E-state index is 0.519. The van der Waals surface area contributed by atoms with Crippen LogP contribution in [0.1, 0.15) is 25.3 Å². The van der Waals surface area contributed by atoms with Gasteiger partial charge in [-0.25, -0.2) is 4.98 Å². The van der Waals surface area contributed by atoms with Crippen LogP contribution in [0.3, 0.4) is 0 Å². The second-order valence-corrected chi connectivity index (χ2v) is 2.90. The second-order valence-electron chi connectivity index (χ2n) is 2.51. The van der Waals surface area contributed by atoms with Crippen LogP contribution in [0, 0.1) is 6.20 Å². The lowest BCUT2D eigenvalue weighted by atomic mass is 10.1. The van der Waals surface area contributed by atoms with Crippen molar-refractivity contribution in [1.29, 1.82) is 0 Å². The summed E-state index contributed by atoms with van der Waals surface area (Å²) < 4.78 is 0. The molecule has 0 spiro atoms. The summed E-state index contributed by atoms with van der Waals surface area (Å²) in [7, 11) is 0. The monoisotopic (exact) mass is 168 g/mol. The molecule has 0 aliphatic carbocycles.